The molecule has 0 aliphatic heterocycles. The Kier molecular flexibility index (Phi) is 7.74. The van der Waals surface area contributed by atoms with E-state index in [1.54, 1.807) is 0 Å². The molecule has 7 aromatic carbocycles. The summed E-state index contributed by atoms with van der Waals surface area (Å²) in [6.45, 7) is 0. The molecule has 0 radical (unpaired) electrons. The minimum absolute atomic E-state index is 0.846. The van der Waals surface area contributed by atoms with Crippen LogP contribution in [0.3, 0.4) is 0 Å². The van der Waals surface area contributed by atoms with Gasteiger partial charge in [0.2, 0.25) is 0 Å². The van der Waals surface area contributed by atoms with Crippen molar-refractivity contribution in [3.05, 3.63) is 200 Å². The molecule has 5 nitrogen and oxygen atoms in total. The Morgan fingerprint density at radius 3 is 1.61 bits per heavy atom. The van der Waals surface area contributed by atoms with Gasteiger partial charge in [-0.2, -0.15) is 5.10 Å². The van der Waals surface area contributed by atoms with E-state index in [4.69, 9.17) is 20.1 Å². The van der Waals surface area contributed by atoms with E-state index in [2.05, 4.69) is 168 Å². The molecule has 0 amide bonds. The fraction of sp³-hybridized carbons (Fsp3) is 0. The van der Waals surface area contributed by atoms with Crippen molar-refractivity contribution < 1.29 is 0 Å². The highest BCUT2D eigenvalue weighted by Crippen LogP contribution is 2.44. The Morgan fingerprint density at radius 1 is 0.386 bits per heavy atom. The number of para-hydroxylation sites is 1. The first-order chi connectivity index (χ1) is 28.3. The molecular weight excluding hydrogens is 695 g/mol. The molecule has 57 heavy (non-hydrogen) atoms. The topological polar surface area (TPSA) is 56.5 Å². The van der Waals surface area contributed by atoms with Crippen LogP contribution in [0.5, 0.6) is 0 Å². The van der Waals surface area contributed by atoms with Gasteiger partial charge in [-0.25, -0.2) is 14.6 Å². The maximum Gasteiger partial charge on any atom is 0.101 e. The second-order valence-corrected chi connectivity index (χ2v) is 14.3. The van der Waals surface area contributed by atoms with Crippen LogP contribution in [0, 0.1) is 0 Å². The normalized spacial score (nSPS) is 11.5. The second kappa shape index (κ2) is 13.5. The van der Waals surface area contributed by atoms with Crippen molar-refractivity contribution >= 4 is 43.5 Å². The lowest BCUT2D eigenvalue weighted by atomic mass is 9.90. The van der Waals surface area contributed by atoms with Crippen LogP contribution >= 0.6 is 0 Å². The molecule has 0 aliphatic carbocycles. The van der Waals surface area contributed by atoms with E-state index in [1.165, 1.54) is 0 Å². The predicted molar refractivity (Wildman–Crippen MR) is 234 cm³/mol. The van der Waals surface area contributed by atoms with Crippen LogP contribution in [0.4, 0.5) is 0 Å². The number of hydrogen-bond acceptors (Lipinski definition) is 4. The monoisotopic (exact) mass is 727 g/mol. The highest BCUT2D eigenvalue weighted by molar-refractivity contribution is 6.20. The summed E-state index contributed by atoms with van der Waals surface area (Å²) in [6, 6.07) is 65.7. The van der Waals surface area contributed by atoms with Crippen LogP contribution < -0.4 is 0 Å². The zero-order chi connectivity index (χ0) is 37.7. The third-order valence-electron chi connectivity index (χ3n) is 10.9. The van der Waals surface area contributed by atoms with Crippen molar-refractivity contribution in [3.8, 4) is 61.7 Å². The fourth-order valence-electron chi connectivity index (χ4n) is 8.14. The molecule has 11 aromatic rings. The predicted octanol–water partition coefficient (Wildman–Crippen LogP) is 13.0. The zero-order valence-electron chi connectivity index (χ0n) is 30.8. The maximum atomic E-state index is 5.38. The molecule has 0 aliphatic rings. The second-order valence-electron chi connectivity index (χ2n) is 14.3. The summed E-state index contributed by atoms with van der Waals surface area (Å²) in [7, 11) is 0. The van der Waals surface area contributed by atoms with E-state index in [-0.39, 0.29) is 0 Å². The quantitative estimate of drug-likeness (QED) is 0.160. The number of hydrogen-bond donors (Lipinski definition) is 0. The summed E-state index contributed by atoms with van der Waals surface area (Å²) in [5, 5.41) is 10.8. The van der Waals surface area contributed by atoms with Crippen LogP contribution in [0.2, 0.25) is 0 Å². The fourth-order valence-corrected chi connectivity index (χ4v) is 8.14. The van der Waals surface area contributed by atoms with Crippen molar-refractivity contribution in [3.63, 3.8) is 0 Å². The number of pyridine rings is 3. The Hall–Kier alpha value is -7.76. The van der Waals surface area contributed by atoms with Gasteiger partial charge in [-0.15, -0.1) is 0 Å². The largest absolute Gasteiger partial charge is 0.263 e. The SMILES string of the molecule is c1ccc(-c2ccc3ccc4ccc(-c5cncc(-c6cccc7c6cc(-c6ccccc6)c6c(-c8ccccc8)nn(-c8ccccc8)c67)c5)nc4c3n2)cc1. The van der Waals surface area contributed by atoms with E-state index in [0.717, 1.165) is 105 Å². The summed E-state index contributed by atoms with van der Waals surface area (Å²) in [6.07, 6.45) is 3.86. The Bertz CT molecular complexity index is 3270. The first-order valence-electron chi connectivity index (χ1n) is 19.1. The van der Waals surface area contributed by atoms with Crippen molar-refractivity contribution in [2.75, 3.05) is 0 Å². The summed E-state index contributed by atoms with van der Waals surface area (Å²) in [5.74, 6) is 0. The molecular formula is C52H33N5. The summed E-state index contributed by atoms with van der Waals surface area (Å²) in [5.41, 5.74) is 14.0. The van der Waals surface area contributed by atoms with Crippen molar-refractivity contribution in [1.29, 1.82) is 0 Å². The van der Waals surface area contributed by atoms with Gasteiger partial charge in [0.15, 0.2) is 0 Å². The van der Waals surface area contributed by atoms with Gasteiger partial charge >= 0.3 is 0 Å². The van der Waals surface area contributed by atoms with Crippen LogP contribution in [0.15, 0.2) is 200 Å². The van der Waals surface area contributed by atoms with E-state index >= 15 is 0 Å². The molecule has 0 bridgehead atoms. The molecule has 0 N–H and O–H groups in total. The number of nitrogens with zero attached hydrogens (tertiary/aromatic N) is 5. The van der Waals surface area contributed by atoms with Gasteiger partial charge < -0.3 is 0 Å². The minimum atomic E-state index is 0.846. The van der Waals surface area contributed by atoms with Crippen molar-refractivity contribution in [2.45, 2.75) is 0 Å². The zero-order valence-corrected chi connectivity index (χ0v) is 30.8. The Morgan fingerprint density at radius 2 is 0.947 bits per heavy atom. The third-order valence-corrected chi connectivity index (χ3v) is 10.9. The van der Waals surface area contributed by atoms with E-state index in [0.29, 0.717) is 0 Å². The molecule has 4 heterocycles. The number of fused-ring (bicyclic) bond motifs is 6. The highest BCUT2D eigenvalue weighted by Gasteiger charge is 2.22. The molecule has 5 heteroatoms. The lowest BCUT2D eigenvalue weighted by molar-refractivity contribution is 0.918. The van der Waals surface area contributed by atoms with Gasteiger partial charge in [-0.1, -0.05) is 152 Å². The van der Waals surface area contributed by atoms with E-state index in [9.17, 15) is 0 Å². The van der Waals surface area contributed by atoms with Gasteiger partial charge in [0.1, 0.15) is 5.69 Å². The van der Waals surface area contributed by atoms with Gasteiger partial charge in [0, 0.05) is 56.2 Å². The van der Waals surface area contributed by atoms with Crippen LogP contribution in [0.1, 0.15) is 0 Å². The standard InChI is InChI=1S/C52H33N5/c1-5-14-34(15-6-1)44-31-45-42(22-13-23-43(45)52-48(44)49(36-18-9-3-10-19-36)56-57(52)41-20-11-4-12-21-41)39-30-40(33-53-32-39)47-29-27-38-25-24-37-26-28-46(35-16-7-2-8-17-35)54-50(37)51(38)55-47/h1-33H. The van der Waals surface area contributed by atoms with Crippen molar-refractivity contribution in [1.82, 2.24) is 24.7 Å². The molecule has 0 saturated carbocycles. The van der Waals surface area contributed by atoms with Gasteiger partial charge in [-0.05, 0) is 58.5 Å². The van der Waals surface area contributed by atoms with Crippen molar-refractivity contribution in [2.24, 2.45) is 0 Å². The molecule has 266 valence electrons. The molecule has 0 saturated heterocycles. The number of benzene rings is 7. The number of rotatable bonds is 6. The minimum Gasteiger partial charge on any atom is -0.263 e. The summed E-state index contributed by atoms with van der Waals surface area (Å²) < 4.78 is 2.12. The third kappa shape index (κ3) is 5.64. The maximum absolute atomic E-state index is 5.38. The van der Waals surface area contributed by atoms with E-state index < -0.39 is 0 Å². The average Bonchev–Trinajstić information content (AvgIpc) is 3.71. The molecule has 11 rings (SSSR count). The molecule has 0 atom stereocenters. The highest BCUT2D eigenvalue weighted by atomic mass is 15.3. The molecule has 4 aromatic heterocycles. The molecule has 0 fully saturated rings. The average molecular weight is 728 g/mol. The number of aromatic nitrogens is 5. The Labute approximate surface area is 329 Å². The Balaban J connectivity index is 1.13. The lowest BCUT2D eigenvalue weighted by Crippen LogP contribution is -1.97. The molecule has 0 spiro atoms. The molecule has 0 unspecified atom stereocenters. The van der Waals surface area contributed by atoms with Gasteiger partial charge in [0.05, 0.1) is 33.6 Å². The summed E-state index contributed by atoms with van der Waals surface area (Å²) in [4.78, 5) is 15.2. The lowest BCUT2D eigenvalue weighted by Gasteiger charge is -2.14. The smallest absolute Gasteiger partial charge is 0.101 e. The van der Waals surface area contributed by atoms with Gasteiger partial charge in [0.25, 0.3) is 0 Å². The first-order valence-corrected chi connectivity index (χ1v) is 19.1. The van der Waals surface area contributed by atoms with Crippen LogP contribution in [0.25, 0.3) is 105 Å². The first kappa shape index (κ1) is 32.7. The van der Waals surface area contributed by atoms with E-state index in [1.807, 2.05) is 36.7 Å². The summed E-state index contributed by atoms with van der Waals surface area (Å²) >= 11 is 0. The van der Waals surface area contributed by atoms with Gasteiger partial charge in [-0.3, -0.25) is 4.98 Å². The van der Waals surface area contributed by atoms with Crippen LogP contribution in [-0.2, 0) is 0 Å². The van der Waals surface area contributed by atoms with Crippen LogP contribution in [-0.4, -0.2) is 24.7 Å².